The van der Waals surface area contributed by atoms with Crippen LogP contribution in [0, 0.1) is 0 Å². The van der Waals surface area contributed by atoms with Crippen LogP contribution in [-0.4, -0.2) is 28.5 Å². The Morgan fingerprint density at radius 1 is 1.27 bits per heavy atom. The van der Waals surface area contributed by atoms with Crippen molar-refractivity contribution in [3.8, 4) is 0 Å². The molecule has 0 aliphatic heterocycles. The number of hydrogen-bond acceptors (Lipinski definition) is 1. The molecule has 0 saturated carbocycles. The Hall–Kier alpha value is 0.709. The molecule has 1 rings (SSSR count). The molecule has 1 atom stereocenters. The normalized spacial score (nSPS) is 11.9. The summed E-state index contributed by atoms with van der Waals surface area (Å²) in [5.41, 5.74) is 0. The van der Waals surface area contributed by atoms with E-state index < -0.39 is 30.8 Å². The van der Waals surface area contributed by atoms with E-state index in [-0.39, 0.29) is 9.92 Å². The SMILES string of the molecule is O=S(O)c1cc(Cl)ccc1Cl.[CH3][Sn]([CH3])[CH3]. The summed E-state index contributed by atoms with van der Waals surface area (Å²) < 4.78 is 19.2. The molecule has 0 fully saturated rings. The van der Waals surface area contributed by atoms with Crippen molar-refractivity contribution in [2.75, 3.05) is 0 Å². The van der Waals surface area contributed by atoms with Crippen molar-refractivity contribution in [3.05, 3.63) is 28.2 Å². The molecule has 1 unspecified atom stereocenters. The van der Waals surface area contributed by atoms with Crippen LogP contribution in [0.1, 0.15) is 0 Å². The zero-order valence-electron chi connectivity index (χ0n) is 8.75. The topological polar surface area (TPSA) is 37.3 Å². The average Bonchev–Trinajstić information content (AvgIpc) is 2.08. The van der Waals surface area contributed by atoms with Gasteiger partial charge < -0.3 is 4.55 Å². The molecular formula is C9H13Cl2O2SSn. The van der Waals surface area contributed by atoms with Crippen molar-refractivity contribution in [3.63, 3.8) is 0 Å². The molecule has 15 heavy (non-hydrogen) atoms. The van der Waals surface area contributed by atoms with E-state index in [0.717, 1.165) is 0 Å². The van der Waals surface area contributed by atoms with Crippen molar-refractivity contribution in [1.82, 2.24) is 0 Å². The number of benzene rings is 1. The van der Waals surface area contributed by atoms with Gasteiger partial charge in [-0.3, -0.25) is 0 Å². The van der Waals surface area contributed by atoms with E-state index in [9.17, 15) is 4.21 Å². The maximum absolute atomic E-state index is 10.5. The van der Waals surface area contributed by atoms with Gasteiger partial charge in [-0.25, -0.2) is 4.21 Å². The van der Waals surface area contributed by atoms with Gasteiger partial charge in [0.2, 0.25) is 0 Å². The van der Waals surface area contributed by atoms with Gasteiger partial charge in [0.25, 0.3) is 0 Å². The molecule has 1 aromatic carbocycles. The number of rotatable bonds is 1. The Bertz CT molecular complexity index is 342. The van der Waals surface area contributed by atoms with Crippen LogP contribution in [0.2, 0.25) is 24.9 Å². The van der Waals surface area contributed by atoms with Crippen LogP contribution in [0.5, 0.6) is 0 Å². The summed E-state index contributed by atoms with van der Waals surface area (Å²) in [5, 5.41) is 0.641. The van der Waals surface area contributed by atoms with Crippen LogP contribution in [0.25, 0.3) is 0 Å². The molecule has 85 valence electrons. The van der Waals surface area contributed by atoms with Crippen LogP contribution >= 0.6 is 23.2 Å². The zero-order valence-corrected chi connectivity index (χ0v) is 13.9. The number of halogens is 2. The fourth-order valence-corrected chi connectivity index (χ4v) is 1.63. The van der Waals surface area contributed by atoms with Crippen molar-refractivity contribution < 1.29 is 8.76 Å². The van der Waals surface area contributed by atoms with Crippen LogP contribution in [0.15, 0.2) is 23.1 Å². The van der Waals surface area contributed by atoms with E-state index in [1.165, 1.54) is 12.1 Å². The summed E-state index contributed by atoms with van der Waals surface area (Å²) in [4.78, 5) is 7.23. The van der Waals surface area contributed by atoms with Gasteiger partial charge in [-0.1, -0.05) is 23.2 Å². The third-order valence-electron chi connectivity index (χ3n) is 1.08. The zero-order chi connectivity index (χ0) is 12.0. The maximum atomic E-state index is 10.5. The van der Waals surface area contributed by atoms with Crippen molar-refractivity contribution >= 4 is 54.0 Å². The first-order chi connectivity index (χ1) is 6.84. The quantitative estimate of drug-likeness (QED) is 0.597. The fraction of sp³-hybridized carbons (Fsp3) is 0.333. The molecule has 1 aromatic rings. The van der Waals surface area contributed by atoms with E-state index in [2.05, 4.69) is 14.8 Å². The Morgan fingerprint density at radius 3 is 2.07 bits per heavy atom. The summed E-state index contributed by atoms with van der Waals surface area (Å²) in [6.45, 7) is 0. The van der Waals surface area contributed by atoms with Crippen molar-refractivity contribution in [2.45, 2.75) is 19.7 Å². The monoisotopic (exact) mass is 375 g/mol. The van der Waals surface area contributed by atoms with E-state index in [1.807, 2.05) is 0 Å². The minimum absolute atomic E-state index is 0.138. The predicted molar refractivity (Wildman–Crippen MR) is 68.8 cm³/mol. The molecule has 0 spiro atoms. The van der Waals surface area contributed by atoms with Gasteiger partial charge in [0.15, 0.2) is 11.1 Å². The van der Waals surface area contributed by atoms with Crippen LogP contribution < -0.4 is 0 Å². The molecule has 6 heteroatoms. The minimum atomic E-state index is -2.07. The first-order valence-electron chi connectivity index (χ1n) is 4.17. The molecular weight excluding hydrogens is 362 g/mol. The molecule has 0 aliphatic carbocycles. The van der Waals surface area contributed by atoms with E-state index in [0.29, 0.717) is 5.02 Å². The molecule has 0 aliphatic rings. The molecule has 0 aromatic heterocycles. The third-order valence-corrected chi connectivity index (χ3v) is 2.47. The van der Waals surface area contributed by atoms with Crippen LogP contribution in [0.3, 0.4) is 0 Å². The van der Waals surface area contributed by atoms with Gasteiger partial charge in [0.05, 0.1) is 9.92 Å². The Kier molecular flexibility index (Phi) is 8.27. The van der Waals surface area contributed by atoms with Gasteiger partial charge >= 0.3 is 34.6 Å². The van der Waals surface area contributed by atoms with Gasteiger partial charge in [-0.2, -0.15) is 0 Å². The first-order valence-corrected chi connectivity index (χ1v) is 14.6. The van der Waals surface area contributed by atoms with Crippen molar-refractivity contribution in [2.24, 2.45) is 0 Å². The Labute approximate surface area is 110 Å². The Balaban J connectivity index is 0.000000423. The molecule has 2 nitrogen and oxygen atoms in total. The molecule has 1 N–H and O–H groups in total. The van der Waals surface area contributed by atoms with E-state index >= 15 is 0 Å². The van der Waals surface area contributed by atoms with E-state index in [4.69, 9.17) is 27.8 Å². The standard InChI is InChI=1S/C6H4Cl2O2S.3CH3.Sn/c7-4-1-2-5(8)6(3-4)11(9)10;;;;/h1-3H,(H,9,10);3*1H3;. The third kappa shape index (κ3) is 7.58. The van der Waals surface area contributed by atoms with Gasteiger partial charge in [0, 0.05) is 5.02 Å². The van der Waals surface area contributed by atoms with Gasteiger partial charge in [0.1, 0.15) is 0 Å². The second kappa shape index (κ2) is 7.90. The molecule has 0 bridgehead atoms. The predicted octanol–water partition coefficient (Wildman–Crippen LogP) is 3.94. The second-order valence-corrected chi connectivity index (χ2v) is 13.7. The van der Waals surface area contributed by atoms with Crippen LogP contribution in [0.4, 0.5) is 0 Å². The van der Waals surface area contributed by atoms with E-state index in [1.54, 1.807) is 6.07 Å². The summed E-state index contributed by atoms with van der Waals surface area (Å²) >= 11 is 8.53. The average molecular weight is 375 g/mol. The fourth-order valence-electron chi connectivity index (χ4n) is 0.611. The molecule has 0 amide bonds. The van der Waals surface area contributed by atoms with Crippen molar-refractivity contribution in [1.29, 1.82) is 0 Å². The van der Waals surface area contributed by atoms with Gasteiger partial charge in [-0.05, 0) is 18.2 Å². The second-order valence-electron chi connectivity index (χ2n) is 3.32. The Morgan fingerprint density at radius 2 is 1.73 bits per heavy atom. The summed E-state index contributed by atoms with van der Waals surface area (Å²) in [5.74, 6) is 0. The molecule has 1 radical (unpaired) electrons. The molecule has 0 saturated heterocycles. The first kappa shape index (κ1) is 15.7. The molecule has 0 heterocycles. The summed E-state index contributed by atoms with van der Waals surface area (Å²) in [6, 6.07) is 4.40. The van der Waals surface area contributed by atoms with Crippen LogP contribution in [-0.2, 0) is 11.1 Å². The summed E-state index contributed by atoms with van der Waals surface area (Å²) in [6.07, 6.45) is 0. The number of hydrogen-bond donors (Lipinski definition) is 1. The summed E-state index contributed by atoms with van der Waals surface area (Å²) in [7, 11) is 0. The van der Waals surface area contributed by atoms with Gasteiger partial charge in [-0.15, -0.1) is 0 Å².